The predicted molar refractivity (Wildman–Crippen MR) is 78.1 cm³/mol. The first-order chi connectivity index (χ1) is 10.1. The summed E-state index contributed by atoms with van der Waals surface area (Å²) in [4.78, 5) is 22.3. The van der Waals surface area contributed by atoms with Crippen LogP contribution in [0.4, 0.5) is 0 Å². The lowest BCUT2D eigenvalue weighted by molar-refractivity contribution is -0.131. The Morgan fingerprint density at radius 1 is 1.29 bits per heavy atom. The monoisotopic (exact) mass is 293 g/mol. The van der Waals surface area contributed by atoms with Gasteiger partial charge in [0.05, 0.1) is 19.8 Å². The van der Waals surface area contributed by atoms with Crippen LogP contribution in [-0.4, -0.2) is 50.5 Å². The molecule has 0 unspecified atom stereocenters. The molecule has 0 radical (unpaired) electrons. The summed E-state index contributed by atoms with van der Waals surface area (Å²) in [6.07, 6.45) is 2.47. The molecule has 21 heavy (non-hydrogen) atoms. The first-order valence-corrected chi connectivity index (χ1v) is 6.49. The number of methoxy groups -OCH3 is 1. The van der Waals surface area contributed by atoms with Gasteiger partial charge in [-0.05, 0) is 23.8 Å². The summed E-state index contributed by atoms with van der Waals surface area (Å²) in [5.74, 6) is -1.26. The smallest absolute Gasteiger partial charge is 0.328 e. The molecule has 1 rings (SSSR count). The van der Waals surface area contributed by atoms with Gasteiger partial charge in [0.15, 0.2) is 0 Å². The number of nitrogens with one attached hydrogen (secondary N) is 1. The maximum absolute atomic E-state index is 11.9. The molecule has 0 aliphatic rings. The third-order valence-corrected chi connectivity index (χ3v) is 2.53. The van der Waals surface area contributed by atoms with Crippen molar-refractivity contribution in [3.63, 3.8) is 0 Å². The van der Waals surface area contributed by atoms with Crippen molar-refractivity contribution >= 4 is 18.0 Å². The van der Waals surface area contributed by atoms with E-state index in [1.807, 2.05) is 0 Å². The highest BCUT2D eigenvalue weighted by Crippen LogP contribution is 2.07. The van der Waals surface area contributed by atoms with Crippen LogP contribution >= 0.6 is 0 Å². The largest absolute Gasteiger partial charge is 0.478 e. The van der Waals surface area contributed by atoms with E-state index >= 15 is 0 Å². The molecular weight excluding hydrogens is 274 g/mol. The van der Waals surface area contributed by atoms with Gasteiger partial charge in [-0.15, -0.1) is 0 Å². The Hall–Kier alpha value is -2.18. The molecule has 0 spiro atoms. The molecule has 1 amide bonds. The van der Waals surface area contributed by atoms with E-state index in [2.05, 4.69) is 5.32 Å². The number of carboxylic acid groups (broad SMARTS) is 1. The zero-order chi connectivity index (χ0) is 15.5. The molecule has 0 fully saturated rings. The van der Waals surface area contributed by atoms with Crippen molar-refractivity contribution in [3.05, 3.63) is 41.5 Å². The third kappa shape index (κ3) is 7.24. The van der Waals surface area contributed by atoms with Gasteiger partial charge in [0, 0.05) is 25.3 Å². The molecule has 2 N–H and O–H groups in total. The van der Waals surface area contributed by atoms with E-state index in [0.29, 0.717) is 37.5 Å². The van der Waals surface area contributed by atoms with Crippen molar-refractivity contribution in [2.75, 3.05) is 33.5 Å². The number of carboxylic acids is 1. The molecule has 0 aliphatic heterocycles. The second-order valence-corrected chi connectivity index (χ2v) is 4.16. The number of aliphatic carboxylic acids is 1. The average molecular weight is 293 g/mol. The normalized spacial score (nSPS) is 10.7. The Kier molecular flexibility index (Phi) is 7.78. The number of ether oxygens (including phenoxy) is 2. The lowest BCUT2D eigenvalue weighted by Crippen LogP contribution is -2.27. The molecule has 6 heteroatoms. The van der Waals surface area contributed by atoms with Gasteiger partial charge in [-0.2, -0.15) is 0 Å². The number of carbonyl (C=O) groups is 2. The van der Waals surface area contributed by atoms with Crippen LogP contribution < -0.4 is 5.32 Å². The first-order valence-electron chi connectivity index (χ1n) is 6.49. The van der Waals surface area contributed by atoms with Crippen molar-refractivity contribution in [3.8, 4) is 0 Å². The lowest BCUT2D eigenvalue weighted by Gasteiger charge is -2.06. The summed E-state index contributed by atoms with van der Waals surface area (Å²) in [6.45, 7) is 1.82. The molecule has 0 saturated heterocycles. The van der Waals surface area contributed by atoms with Crippen molar-refractivity contribution < 1.29 is 24.2 Å². The van der Waals surface area contributed by atoms with Gasteiger partial charge < -0.3 is 19.9 Å². The molecule has 0 bridgehead atoms. The topological polar surface area (TPSA) is 84.9 Å². The SMILES string of the molecule is COCCOCCNC(=O)c1cccc(C=CC(=O)O)c1. The van der Waals surface area contributed by atoms with Crippen LogP contribution in [-0.2, 0) is 14.3 Å². The van der Waals surface area contributed by atoms with Gasteiger partial charge in [-0.25, -0.2) is 4.79 Å². The second kappa shape index (κ2) is 9.68. The van der Waals surface area contributed by atoms with Crippen LogP contribution in [0.1, 0.15) is 15.9 Å². The maximum Gasteiger partial charge on any atom is 0.328 e. The molecular formula is C15H19NO5. The van der Waals surface area contributed by atoms with Gasteiger partial charge in [0.25, 0.3) is 5.91 Å². The first kappa shape index (κ1) is 16.9. The fourth-order valence-corrected chi connectivity index (χ4v) is 1.53. The zero-order valence-electron chi connectivity index (χ0n) is 11.9. The van der Waals surface area contributed by atoms with E-state index in [4.69, 9.17) is 14.6 Å². The quantitative estimate of drug-likeness (QED) is 0.527. The standard InChI is InChI=1S/C15H19NO5/c1-20-9-10-21-8-7-16-15(19)13-4-2-3-12(11-13)5-6-14(17)18/h2-6,11H,7-10H2,1H3,(H,16,19)(H,17,18). The maximum atomic E-state index is 11.9. The summed E-state index contributed by atoms with van der Waals surface area (Å²) >= 11 is 0. The fourth-order valence-electron chi connectivity index (χ4n) is 1.53. The van der Waals surface area contributed by atoms with Crippen LogP contribution in [0.3, 0.4) is 0 Å². The van der Waals surface area contributed by atoms with Gasteiger partial charge in [-0.1, -0.05) is 12.1 Å². The minimum atomic E-state index is -1.03. The van der Waals surface area contributed by atoms with Crippen molar-refractivity contribution in [1.82, 2.24) is 5.32 Å². The van der Waals surface area contributed by atoms with E-state index in [9.17, 15) is 9.59 Å². The van der Waals surface area contributed by atoms with Gasteiger partial charge in [-0.3, -0.25) is 4.79 Å². The van der Waals surface area contributed by atoms with Crippen molar-refractivity contribution in [2.24, 2.45) is 0 Å². The number of hydrogen-bond acceptors (Lipinski definition) is 4. The average Bonchev–Trinajstić information content (AvgIpc) is 2.48. The highest BCUT2D eigenvalue weighted by molar-refractivity contribution is 5.95. The van der Waals surface area contributed by atoms with E-state index in [-0.39, 0.29) is 5.91 Å². The summed E-state index contributed by atoms with van der Waals surface area (Å²) in [5.41, 5.74) is 1.13. The zero-order valence-corrected chi connectivity index (χ0v) is 11.9. The van der Waals surface area contributed by atoms with E-state index in [0.717, 1.165) is 6.08 Å². The number of carbonyl (C=O) groups excluding carboxylic acids is 1. The van der Waals surface area contributed by atoms with Crippen LogP contribution in [0.2, 0.25) is 0 Å². The number of amides is 1. The number of rotatable bonds is 9. The van der Waals surface area contributed by atoms with Crippen LogP contribution in [0.15, 0.2) is 30.3 Å². The van der Waals surface area contributed by atoms with Gasteiger partial charge >= 0.3 is 5.97 Å². The molecule has 1 aromatic carbocycles. The molecule has 1 aromatic rings. The summed E-state index contributed by atoms with van der Waals surface area (Å²) < 4.78 is 10.1. The van der Waals surface area contributed by atoms with Crippen molar-refractivity contribution in [1.29, 1.82) is 0 Å². The Bertz CT molecular complexity index is 499. The Morgan fingerprint density at radius 2 is 2.10 bits per heavy atom. The van der Waals surface area contributed by atoms with Crippen molar-refractivity contribution in [2.45, 2.75) is 0 Å². The highest BCUT2D eigenvalue weighted by Gasteiger charge is 2.04. The number of benzene rings is 1. The molecule has 0 aliphatic carbocycles. The van der Waals surface area contributed by atoms with Gasteiger partial charge in [0.2, 0.25) is 0 Å². The lowest BCUT2D eigenvalue weighted by atomic mass is 10.1. The highest BCUT2D eigenvalue weighted by atomic mass is 16.5. The molecule has 114 valence electrons. The molecule has 0 aromatic heterocycles. The predicted octanol–water partition coefficient (Wildman–Crippen LogP) is 1.18. The Labute approximate surface area is 123 Å². The van der Waals surface area contributed by atoms with Crippen LogP contribution in [0.25, 0.3) is 6.08 Å². The minimum Gasteiger partial charge on any atom is -0.478 e. The van der Waals surface area contributed by atoms with Crippen LogP contribution in [0.5, 0.6) is 0 Å². The van der Waals surface area contributed by atoms with E-state index < -0.39 is 5.97 Å². The molecule has 0 heterocycles. The minimum absolute atomic E-state index is 0.226. The van der Waals surface area contributed by atoms with Gasteiger partial charge in [0.1, 0.15) is 0 Å². The third-order valence-electron chi connectivity index (χ3n) is 2.53. The second-order valence-electron chi connectivity index (χ2n) is 4.16. The molecule has 0 atom stereocenters. The summed E-state index contributed by atoms with van der Waals surface area (Å²) in [5, 5.41) is 11.3. The molecule has 6 nitrogen and oxygen atoms in total. The van der Waals surface area contributed by atoms with E-state index in [1.165, 1.54) is 6.08 Å². The van der Waals surface area contributed by atoms with E-state index in [1.54, 1.807) is 31.4 Å². The summed E-state index contributed by atoms with van der Waals surface area (Å²) in [7, 11) is 1.59. The Morgan fingerprint density at radius 3 is 2.81 bits per heavy atom. The van der Waals surface area contributed by atoms with Crippen LogP contribution in [0, 0.1) is 0 Å². The Balaban J connectivity index is 2.43. The summed E-state index contributed by atoms with van der Waals surface area (Å²) in [6, 6.07) is 6.72. The fraction of sp³-hybridized carbons (Fsp3) is 0.333. The number of hydrogen-bond donors (Lipinski definition) is 2. The molecule has 0 saturated carbocycles.